The topological polar surface area (TPSA) is 69.6 Å². The molecule has 0 bridgehead atoms. The fourth-order valence-electron chi connectivity index (χ4n) is 3.09. The normalized spacial score (nSPS) is 27.8. The Balaban J connectivity index is 1.72. The van der Waals surface area contributed by atoms with E-state index < -0.39 is 5.97 Å². The minimum absolute atomic E-state index is 0.00803. The van der Waals surface area contributed by atoms with Crippen LogP contribution in [0.3, 0.4) is 0 Å². The number of nitrogens with one attached hydrogen (secondary N) is 1. The number of carbonyl (C=O) groups excluding carboxylic acids is 1. The van der Waals surface area contributed by atoms with Crippen LogP contribution in [-0.2, 0) is 9.59 Å². The number of carboxylic acid groups (broad SMARTS) is 1. The van der Waals surface area contributed by atoms with Crippen LogP contribution < -0.4 is 5.32 Å². The Kier molecular flexibility index (Phi) is 4.58. The lowest BCUT2D eigenvalue weighted by atomic mass is 9.99. The molecule has 2 atom stereocenters. The molecule has 2 unspecified atom stereocenters. The maximum absolute atomic E-state index is 11.7. The van der Waals surface area contributed by atoms with Crippen molar-refractivity contribution in [3.8, 4) is 0 Å². The quantitative estimate of drug-likeness (QED) is 0.767. The highest BCUT2D eigenvalue weighted by Crippen LogP contribution is 2.27. The average Bonchev–Trinajstić information content (AvgIpc) is 2.72. The molecule has 2 heterocycles. The van der Waals surface area contributed by atoms with Crippen molar-refractivity contribution in [2.75, 3.05) is 13.1 Å². The number of rotatable bonds is 5. The van der Waals surface area contributed by atoms with Crippen molar-refractivity contribution < 1.29 is 14.7 Å². The molecule has 2 saturated heterocycles. The highest BCUT2D eigenvalue weighted by molar-refractivity contribution is 5.77. The Hall–Kier alpha value is -1.10. The third-order valence-corrected chi connectivity index (χ3v) is 4.00. The zero-order chi connectivity index (χ0) is 13.0. The van der Waals surface area contributed by atoms with Crippen LogP contribution in [0.4, 0.5) is 0 Å². The number of hydrogen-bond acceptors (Lipinski definition) is 3. The Bertz CT molecular complexity index is 319. The fourth-order valence-corrected chi connectivity index (χ4v) is 3.09. The van der Waals surface area contributed by atoms with Gasteiger partial charge in [-0.05, 0) is 32.2 Å². The minimum Gasteiger partial charge on any atom is -0.481 e. The van der Waals surface area contributed by atoms with Crippen molar-refractivity contribution in [1.29, 1.82) is 0 Å². The molecule has 102 valence electrons. The van der Waals surface area contributed by atoms with E-state index in [0.717, 1.165) is 19.5 Å². The summed E-state index contributed by atoms with van der Waals surface area (Å²) < 4.78 is 0. The molecule has 0 spiro atoms. The number of carbonyl (C=O) groups is 2. The molecule has 5 heteroatoms. The third-order valence-electron chi connectivity index (χ3n) is 4.00. The van der Waals surface area contributed by atoms with Crippen molar-refractivity contribution in [3.05, 3.63) is 0 Å². The summed E-state index contributed by atoms with van der Waals surface area (Å²) in [5, 5.41) is 11.6. The molecule has 2 N–H and O–H groups in total. The molecular formula is C13H22N2O3. The molecule has 1 amide bonds. The van der Waals surface area contributed by atoms with Crippen LogP contribution in [0.2, 0.25) is 0 Å². The first kappa shape index (κ1) is 13.3. The van der Waals surface area contributed by atoms with E-state index in [1.807, 2.05) is 0 Å². The predicted octanol–water partition coefficient (Wildman–Crippen LogP) is 0.984. The first-order chi connectivity index (χ1) is 8.66. The predicted molar refractivity (Wildman–Crippen MR) is 67.2 cm³/mol. The lowest BCUT2D eigenvalue weighted by molar-refractivity contribution is -0.137. The molecule has 18 heavy (non-hydrogen) atoms. The maximum Gasteiger partial charge on any atom is 0.303 e. The molecule has 2 fully saturated rings. The average molecular weight is 254 g/mol. The molecule has 2 rings (SSSR count). The third kappa shape index (κ3) is 3.45. The van der Waals surface area contributed by atoms with Crippen molar-refractivity contribution >= 4 is 11.9 Å². The Labute approximate surface area is 108 Å². The number of nitrogens with zero attached hydrogens (tertiary/aromatic N) is 1. The van der Waals surface area contributed by atoms with E-state index in [0.29, 0.717) is 18.9 Å². The second-order valence-electron chi connectivity index (χ2n) is 5.31. The van der Waals surface area contributed by atoms with E-state index in [-0.39, 0.29) is 18.4 Å². The van der Waals surface area contributed by atoms with Gasteiger partial charge in [-0.3, -0.25) is 14.5 Å². The molecule has 0 aromatic carbocycles. The maximum atomic E-state index is 11.7. The molecule has 5 nitrogen and oxygen atoms in total. The SMILES string of the molecule is O=C(O)CCCC(=O)NC1CCN2CCCCC12. The summed E-state index contributed by atoms with van der Waals surface area (Å²) in [7, 11) is 0. The van der Waals surface area contributed by atoms with Crippen LogP contribution in [0.1, 0.15) is 44.9 Å². The van der Waals surface area contributed by atoms with Gasteiger partial charge in [-0.2, -0.15) is 0 Å². The summed E-state index contributed by atoms with van der Waals surface area (Å²) >= 11 is 0. The number of amides is 1. The van der Waals surface area contributed by atoms with E-state index in [1.54, 1.807) is 0 Å². The van der Waals surface area contributed by atoms with E-state index >= 15 is 0 Å². The van der Waals surface area contributed by atoms with Gasteiger partial charge in [0.25, 0.3) is 0 Å². The van der Waals surface area contributed by atoms with Crippen LogP contribution in [0, 0.1) is 0 Å². The highest BCUT2D eigenvalue weighted by atomic mass is 16.4. The standard InChI is InChI=1S/C13H22N2O3/c16-12(5-3-6-13(17)18)14-10-7-9-15-8-2-1-4-11(10)15/h10-11H,1-9H2,(H,14,16)(H,17,18). The molecule has 2 aliphatic heterocycles. The van der Waals surface area contributed by atoms with Crippen molar-refractivity contribution in [2.24, 2.45) is 0 Å². The first-order valence-electron chi connectivity index (χ1n) is 6.92. The Morgan fingerprint density at radius 3 is 2.78 bits per heavy atom. The summed E-state index contributed by atoms with van der Waals surface area (Å²) in [6.45, 7) is 2.25. The second-order valence-corrected chi connectivity index (χ2v) is 5.31. The molecule has 2 aliphatic rings. The first-order valence-corrected chi connectivity index (χ1v) is 6.92. The van der Waals surface area contributed by atoms with Gasteiger partial charge in [0.15, 0.2) is 0 Å². The number of carboxylic acids is 1. The number of aliphatic carboxylic acids is 1. The van der Waals surface area contributed by atoms with Crippen molar-refractivity contribution in [2.45, 2.75) is 57.0 Å². The zero-order valence-corrected chi connectivity index (χ0v) is 10.7. The van der Waals surface area contributed by atoms with E-state index in [9.17, 15) is 9.59 Å². The van der Waals surface area contributed by atoms with E-state index in [4.69, 9.17) is 5.11 Å². The van der Waals surface area contributed by atoms with Gasteiger partial charge in [0, 0.05) is 31.5 Å². The van der Waals surface area contributed by atoms with Gasteiger partial charge >= 0.3 is 5.97 Å². The minimum atomic E-state index is -0.831. The molecule has 0 radical (unpaired) electrons. The van der Waals surface area contributed by atoms with Crippen molar-refractivity contribution in [3.63, 3.8) is 0 Å². The monoisotopic (exact) mass is 254 g/mol. The van der Waals surface area contributed by atoms with Crippen LogP contribution in [0.5, 0.6) is 0 Å². The summed E-state index contributed by atoms with van der Waals surface area (Å²) in [5.74, 6) is -0.823. The molecule has 0 aliphatic carbocycles. The van der Waals surface area contributed by atoms with E-state index in [2.05, 4.69) is 10.2 Å². The van der Waals surface area contributed by atoms with Gasteiger partial charge in [0.2, 0.25) is 5.91 Å². The number of hydrogen-bond donors (Lipinski definition) is 2. The highest BCUT2D eigenvalue weighted by Gasteiger charge is 2.35. The van der Waals surface area contributed by atoms with Crippen LogP contribution >= 0.6 is 0 Å². The van der Waals surface area contributed by atoms with Crippen LogP contribution in [-0.4, -0.2) is 47.1 Å². The molecule has 0 aromatic rings. The van der Waals surface area contributed by atoms with Gasteiger partial charge in [-0.1, -0.05) is 6.42 Å². The van der Waals surface area contributed by atoms with Gasteiger partial charge in [0.1, 0.15) is 0 Å². The van der Waals surface area contributed by atoms with Gasteiger partial charge in [-0.25, -0.2) is 0 Å². The fraction of sp³-hybridized carbons (Fsp3) is 0.846. The molecular weight excluding hydrogens is 232 g/mol. The van der Waals surface area contributed by atoms with Gasteiger partial charge < -0.3 is 10.4 Å². The number of fused-ring (bicyclic) bond motifs is 1. The van der Waals surface area contributed by atoms with Gasteiger partial charge in [0.05, 0.1) is 0 Å². The Morgan fingerprint density at radius 2 is 2.00 bits per heavy atom. The largest absolute Gasteiger partial charge is 0.481 e. The summed E-state index contributed by atoms with van der Waals surface area (Å²) in [6, 6.07) is 0.796. The lowest BCUT2D eigenvalue weighted by Gasteiger charge is -2.32. The second kappa shape index (κ2) is 6.18. The summed E-state index contributed by atoms with van der Waals surface area (Å²) in [5.41, 5.74) is 0. The summed E-state index contributed by atoms with van der Waals surface area (Å²) in [6.07, 6.45) is 5.59. The molecule has 0 saturated carbocycles. The zero-order valence-electron chi connectivity index (χ0n) is 10.7. The van der Waals surface area contributed by atoms with E-state index in [1.165, 1.54) is 19.3 Å². The van der Waals surface area contributed by atoms with Crippen LogP contribution in [0.25, 0.3) is 0 Å². The van der Waals surface area contributed by atoms with Gasteiger partial charge in [-0.15, -0.1) is 0 Å². The smallest absolute Gasteiger partial charge is 0.303 e. The lowest BCUT2D eigenvalue weighted by Crippen LogP contribution is -2.46. The van der Waals surface area contributed by atoms with Crippen molar-refractivity contribution in [1.82, 2.24) is 10.2 Å². The molecule has 0 aromatic heterocycles. The van der Waals surface area contributed by atoms with Crippen LogP contribution in [0.15, 0.2) is 0 Å². The Morgan fingerprint density at radius 1 is 1.17 bits per heavy atom. The summed E-state index contributed by atoms with van der Waals surface area (Å²) in [4.78, 5) is 24.6. The number of piperidine rings is 1.